The third kappa shape index (κ3) is 4.29. The minimum Gasteiger partial charge on any atom is -0.478 e. The maximum Gasteiger partial charge on any atom is 0.337 e. The molecule has 2 N–H and O–H groups in total. The van der Waals surface area contributed by atoms with Gasteiger partial charge < -0.3 is 15.0 Å². The van der Waals surface area contributed by atoms with E-state index in [0.717, 1.165) is 22.4 Å². The molecule has 1 aromatic heterocycles. The molecule has 6 nitrogen and oxygen atoms in total. The minimum atomic E-state index is -1.15. The van der Waals surface area contributed by atoms with Gasteiger partial charge in [0, 0.05) is 18.0 Å². The zero-order valence-corrected chi connectivity index (χ0v) is 12.9. The van der Waals surface area contributed by atoms with E-state index in [1.54, 1.807) is 6.07 Å². The summed E-state index contributed by atoms with van der Waals surface area (Å²) in [4.78, 5) is 34.7. The van der Waals surface area contributed by atoms with Crippen molar-refractivity contribution in [1.29, 1.82) is 0 Å². The molecular formula is C17H18N2O4. The highest BCUT2D eigenvalue weighted by molar-refractivity contribution is 5.91. The van der Waals surface area contributed by atoms with Crippen LogP contribution in [0.3, 0.4) is 0 Å². The van der Waals surface area contributed by atoms with Gasteiger partial charge in [-0.2, -0.15) is 0 Å². The number of amides is 1. The van der Waals surface area contributed by atoms with Gasteiger partial charge in [-0.05, 0) is 29.7 Å². The van der Waals surface area contributed by atoms with Crippen molar-refractivity contribution < 1.29 is 14.7 Å². The normalized spacial score (nSPS) is 10.6. The predicted molar refractivity (Wildman–Crippen MR) is 86.8 cm³/mol. The molecule has 1 amide bonds. The van der Waals surface area contributed by atoms with Crippen molar-refractivity contribution in [3.05, 3.63) is 64.1 Å². The van der Waals surface area contributed by atoms with Crippen molar-refractivity contribution in [2.45, 2.75) is 26.3 Å². The summed E-state index contributed by atoms with van der Waals surface area (Å²) in [5.41, 5.74) is 1.26. The van der Waals surface area contributed by atoms with Crippen LogP contribution in [-0.4, -0.2) is 21.6 Å². The number of pyridine rings is 1. The standard InChI is InChI=1S/C17H18N2O4/c1-11(2)12-4-3-5-14(8-12)18-15(20)10-19-9-13(17(22)23)6-7-16(19)21/h3-9,11H,10H2,1-2H3,(H,18,20)(H,22,23). The summed E-state index contributed by atoms with van der Waals surface area (Å²) in [6.45, 7) is 3.86. The van der Waals surface area contributed by atoms with Crippen LogP contribution in [0.5, 0.6) is 0 Å². The quantitative estimate of drug-likeness (QED) is 0.886. The van der Waals surface area contributed by atoms with Crippen LogP contribution in [-0.2, 0) is 11.3 Å². The SMILES string of the molecule is CC(C)c1cccc(NC(=O)Cn2cc(C(=O)O)ccc2=O)c1. The monoisotopic (exact) mass is 314 g/mol. The van der Waals surface area contributed by atoms with E-state index in [1.807, 2.05) is 18.2 Å². The fourth-order valence-electron chi connectivity index (χ4n) is 2.11. The number of hydrogen-bond donors (Lipinski definition) is 2. The average molecular weight is 314 g/mol. The summed E-state index contributed by atoms with van der Waals surface area (Å²) in [5.74, 6) is -1.21. The Hall–Kier alpha value is -2.89. The van der Waals surface area contributed by atoms with Crippen LogP contribution < -0.4 is 10.9 Å². The molecule has 2 aromatic rings. The van der Waals surface area contributed by atoms with Crippen molar-refractivity contribution >= 4 is 17.6 Å². The first-order valence-corrected chi connectivity index (χ1v) is 7.20. The molecule has 0 fully saturated rings. The van der Waals surface area contributed by atoms with E-state index >= 15 is 0 Å². The molecular weight excluding hydrogens is 296 g/mol. The van der Waals surface area contributed by atoms with Gasteiger partial charge in [0.2, 0.25) is 5.91 Å². The number of hydrogen-bond acceptors (Lipinski definition) is 3. The minimum absolute atomic E-state index is 0.0424. The smallest absolute Gasteiger partial charge is 0.337 e. The second-order valence-electron chi connectivity index (χ2n) is 5.52. The Morgan fingerprint density at radius 1 is 1.22 bits per heavy atom. The second kappa shape index (κ2) is 6.91. The summed E-state index contributed by atoms with van der Waals surface area (Å²) in [6.07, 6.45) is 1.16. The molecule has 120 valence electrons. The Labute approximate surface area is 133 Å². The van der Waals surface area contributed by atoms with Gasteiger partial charge in [-0.25, -0.2) is 4.79 Å². The average Bonchev–Trinajstić information content (AvgIpc) is 2.49. The van der Waals surface area contributed by atoms with Gasteiger partial charge in [-0.1, -0.05) is 26.0 Å². The maximum absolute atomic E-state index is 12.1. The lowest BCUT2D eigenvalue weighted by atomic mass is 10.0. The molecule has 0 unspecified atom stereocenters. The number of nitrogens with one attached hydrogen (secondary N) is 1. The van der Waals surface area contributed by atoms with Gasteiger partial charge >= 0.3 is 5.97 Å². The van der Waals surface area contributed by atoms with Crippen molar-refractivity contribution in [2.24, 2.45) is 0 Å². The van der Waals surface area contributed by atoms with Crippen LogP contribution >= 0.6 is 0 Å². The number of rotatable bonds is 5. The van der Waals surface area contributed by atoms with Gasteiger partial charge in [-0.3, -0.25) is 9.59 Å². The topological polar surface area (TPSA) is 88.4 Å². The lowest BCUT2D eigenvalue weighted by molar-refractivity contribution is -0.116. The third-order valence-electron chi connectivity index (χ3n) is 3.38. The van der Waals surface area contributed by atoms with Gasteiger partial charge in [0.1, 0.15) is 6.54 Å². The number of benzene rings is 1. The molecule has 2 rings (SSSR count). The molecule has 0 saturated carbocycles. The number of carbonyl (C=O) groups is 2. The third-order valence-corrected chi connectivity index (χ3v) is 3.38. The Morgan fingerprint density at radius 3 is 2.61 bits per heavy atom. The van der Waals surface area contributed by atoms with E-state index in [9.17, 15) is 14.4 Å². The van der Waals surface area contributed by atoms with Crippen molar-refractivity contribution in [3.8, 4) is 0 Å². The lowest BCUT2D eigenvalue weighted by Crippen LogP contribution is -2.27. The number of aromatic nitrogens is 1. The second-order valence-corrected chi connectivity index (χ2v) is 5.52. The zero-order valence-electron chi connectivity index (χ0n) is 12.9. The zero-order chi connectivity index (χ0) is 17.0. The van der Waals surface area contributed by atoms with Crippen LogP contribution in [0.4, 0.5) is 5.69 Å². The van der Waals surface area contributed by atoms with Crippen molar-refractivity contribution in [1.82, 2.24) is 4.57 Å². The van der Waals surface area contributed by atoms with Crippen LogP contribution in [0.25, 0.3) is 0 Å². The predicted octanol–water partition coefficient (Wildman–Crippen LogP) is 2.31. The molecule has 0 aliphatic rings. The Kier molecular flexibility index (Phi) is 4.95. The summed E-state index contributed by atoms with van der Waals surface area (Å²) < 4.78 is 1.07. The summed E-state index contributed by atoms with van der Waals surface area (Å²) >= 11 is 0. The van der Waals surface area contributed by atoms with Crippen LogP contribution in [0.15, 0.2) is 47.4 Å². The molecule has 0 atom stereocenters. The van der Waals surface area contributed by atoms with E-state index in [1.165, 1.54) is 6.07 Å². The van der Waals surface area contributed by atoms with E-state index in [4.69, 9.17) is 5.11 Å². The molecule has 1 aromatic carbocycles. The van der Waals surface area contributed by atoms with Gasteiger partial charge in [0.05, 0.1) is 5.56 Å². The Morgan fingerprint density at radius 2 is 1.96 bits per heavy atom. The largest absolute Gasteiger partial charge is 0.478 e. The van der Waals surface area contributed by atoms with E-state index in [2.05, 4.69) is 19.2 Å². The Balaban J connectivity index is 2.14. The number of carbonyl (C=O) groups excluding carboxylic acids is 1. The van der Waals surface area contributed by atoms with Crippen molar-refractivity contribution in [2.75, 3.05) is 5.32 Å². The first-order chi connectivity index (χ1) is 10.9. The van der Waals surface area contributed by atoms with Crippen LogP contribution in [0, 0.1) is 0 Å². The summed E-state index contributed by atoms with van der Waals surface area (Å²) in [5, 5.41) is 11.7. The molecule has 0 spiro atoms. The molecule has 0 saturated heterocycles. The molecule has 23 heavy (non-hydrogen) atoms. The number of carboxylic acids is 1. The first kappa shape index (κ1) is 16.5. The summed E-state index contributed by atoms with van der Waals surface area (Å²) in [6, 6.07) is 9.81. The highest BCUT2D eigenvalue weighted by atomic mass is 16.4. The van der Waals surface area contributed by atoms with Gasteiger partial charge in [0.15, 0.2) is 0 Å². The molecule has 0 radical (unpaired) electrons. The number of anilines is 1. The summed E-state index contributed by atoms with van der Waals surface area (Å²) in [7, 11) is 0. The fourth-order valence-corrected chi connectivity index (χ4v) is 2.11. The van der Waals surface area contributed by atoms with Crippen LogP contribution in [0.2, 0.25) is 0 Å². The number of carboxylic acid groups (broad SMARTS) is 1. The van der Waals surface area contributed by atoms with E-state index < -0.39 is 17.4 Å². The number of aromatic carboxylic acids is 1. The van der Waals surface area contributed by atoms with Gasteiger partial charge in [-0.15, -0.1) is 0 Å². The maximum atomic E-state index is 12.1. The lowest BCUT2D eigenvalue weighted by Gasteiger charge is -2.10. The van der Waals surface area contributed by atoms with Gasteiger partial charge in [0.25, 0.3) is 5.56 Å². The first-order valence-electron chi connectivity index (χ1n) is 7.20. The fraction of sp³-hybridized carbons (Fsp3) is 0.235. The molecule has 0 bridgehead atoms. The molecule has 1 heterocycles. The molecule has 0 aliphatic heterocycles. The molecule has 0 aliphatic carbocycles. The number of nitrogens with zero attached hydrogens (tertiary/aromatic N) is 1. The Bertz CT molecular complexity index is 793. The molecule has 6 heteroatoms. The van der Waals surface area contributed by atoms with Crippen molar-refractivity contribution in [3.63, 3.8) is 0 Å². The van der Waals surface area contributed by atoms with E-state index in [-0.39, 0.29) is 12.1 Å². The highest BCUT2D eigenvalue weighted by Crippen LogP contribution is 2.18. The van der Waals surface area contributed by atoms with E-state index in [0.29, 0.717) is 11.6 Å². The van der Waals surface area contributed by atoms with Crippen LogP contribution in [0.1, 0.15) is 35.7 Å². The highest BCUT2D eigenvalue weighted by Gasteiger charge is 2.09.